The second kappa shape index (κ2) is 6.57. The molecule has 6 nitrogen and oxygen atoms in total. The minimum absolute atomic E-state index is 0.463. The molecule has 1 atom stereocenters. The number of hydrogen-bond donors (Lipinski definition) is 1. The van der Waals surface area contributed by atoms with Crippen LogP contribution in [0.2, 0.25) is 0 Å². The molecule has 6 heteroatoms. The third kappa shape index (κ3) is 3.23. The molecule has 1 aliphatic heterocycles. The van der Waals surface area contributed by atoms with Crippen molar-refractivity contribution in [2.75, 3.05) is 0 Å². The molecular weight excluding hydrogens is 300 g/mol. The lowest BCUT2D eigenvalue weighted by Gasteiger charge is -2.24. The average Bonchev–Trinajstić information content (AvgIpc) is 3.21. The molecular formula is C18H22N6. The van der Waals surface area contributed by atoms with Crippen molar-refractivity contribution in [3.8, 4) is 0 Å². The van der Waals surface area contributed by atoms with Crippen LogP contribution in [0.25, 0.3) is 0 Å². The summed E-state index contributed by atoms with van der Waals surface area (Å²) >= 11 is 0. The first kappa shape index (κ1) is 15.1. The molecule has 4 rings (SSSR count). The van der Waals surface area contributed by atoms with Crippen molar-refractivity contribution >= 4 is 0 Å². The summed E-state index contributed by atoms with van der Waals surface area (Å²) < 4.78 is 4.22. The van der Waals surface area contributed by atoms with Gasteiger partial charge in [-0.25, -0.2) is 0 Å². The summed E-state index contributed by atoms with van der Waals surface area (Å²) in [6, 6.07) is 10.9. The largest absolute Gasteiger partial charge is 0.314 e. The highest BCUT2D eigenvalue weighted by molar-refractivity contribution is 5.15. The van der Waals surface area contributed by atoms with Crippen LogP contribution in [0, 0.1) is 6.92 Å². The summed E-state index contributed by atoms with van der Waals surface area (Å²) in [7, 11) is 0. The van der Waals surface area contributed by atoms with Gasteiger partial charge in [0.25, 0.3) is 0 Å². The molecule has 0 radical (unpaired) electrons. The number of nitrogens with zero attached hydrogens (tertiary/aromatic N) is 5. The van der Waals surface area contributed by atoms with Crippen molar-refractivity contribution in [1.82, 2.24) is 29.9 Å². The number of nitrogens with one attached hydrogen (secondary N) is 1. The predicted octanol–water partition coefficient (Wildman–Crippen LogP) is 1.94. The first-order valence-corrected chi connectivity index (χ1v) is 8.45. The molecule has 0 saturated carbocycles. The minimum Gasteiger partial charge on any atom is -0.314 e. The molecule has 3 heterocycles. The third-order valence-electron chi connectivity index (χ3n) is 4.60. The average molecular weight is 322 g/mol. The summed E-state index contributed by atoms with van der Waals surface area (Å²) in [5.74, 6) is 2.12. The number of rotatable bonds is 5. The Morgan fingerprint density at radius 1 is 1.17 bits per heavy atom. The van der Waals surface area contributed by atoms with E-state index in [-0.39, 0.29) is 0 Å². The summed E-state index contributed by atoms with van der Waals surface area (Å²) in [4.78, 5) is 0. The summed E-state index contributed by atoms with van der Waals surface area (Å²) in [5.41, 5.74) is 2.49. The molecule has 3 aromatic rings. The lowest BCUT2D eigenvalue weighted by Crippen LogP contribution is -2.37. The van der Waals surface area contributed by atoms with Crippen molar-refractivity contribution in [3.63, 3.8) is 0 Å². The lowest BCUT2D eigenvalue weighted by molar-refractivity contribution is 0.375. The van der Waals surface area contributed by atoms with E-state index in [1.54, 1.807) is 0 Å². The Hall–Kier alpha value is -2.47. The molecule has 124 valence electrons. The monoisotopic (exact) mass is 322 g/mol. The zero-order chi connectivity index (χ0) is 16.4. The quantitative estimate of drug-likeness (QED) is 0.780. The van der Waals surface area contributed by atoms with Gasteiger partial charge in [0.05, 0.1) is 12.7 Å². The van der Waals surface area contributed by atoms with Crippen LogP contribution in [0.15, 0.2) is 42.7 Å². The van der Waals surface area contributed by atoms with E-state index in [0.717, 1.165) is 44.1 Å². The molecule has 0 unspecified atom stereocenters. The highest BCUT2D eigenvalue weighted by Gasteiger charge is 2.21. The van der Waals surface area contributed by atoms with E-state index in [1.165, 1.54) is 11.1 Å². The van der Waals surface area contributed by atoms with Gasteiger partial charge < -0.3 is 9.88 Å². The molecule has 1 aliphatic rings. The van der Waals surface area contributed by atoms with Gasteiger partial charge in [0.1, 0.15) is 11.6 Å². The van der Waals surface area contributed by atoms with E-state index in [1.807, 2.05) is 23.9 Å². The molecule has 1 N–H and O–H groups in total. The van der Waals surface area contributed by atoms with Crippen molar-refractivity contribution in [2.45, 2.75) is 45.4 Å². The molecule has 0 amide bonds. The highest BCUT2D eigenvalue weighted by atomic mass is 15.3. The van der Waals surface area contributed by atoms with Gasteiger partial charge in [0, 0.05) is 37.3 Å². The molecule has 24 heavy (non-hydrogen) atoms. The van der Waals surface area contributed by atoms with Crippen LogP contribution in [0.3, 0.4) is 0 Å². The summed E-state index contributed by atoms with van der Waals surface area (Å²) in [5, 5.41) is 16.5. The molecule has 0 aliphatic carbocycles. The third-order valence-corrected chi connectivity index (χ3v) is 4.60. The van der Waals surface area contributed by atoms with Crippen LogP contribution in [-0.4, -0.2) is 30.6 Å². The van der Waals surface area contributed by atoms with E-state index in [0.29, 0.717) is 6.04 Å². The predicted molar refractivity (Wildman–Crippen MR) is 91.5 cm³/mol. The van der Waals surface area contributed by atoms with E-state index in [4.69, 9.17) is 0 Å². The smallest absolute Gasteiger partial charge is 0.133 e. The number of benzene rings is 1. The van der Waals surface area contributed by atoms with E-state index in [2.05, 4.69) is 55.6 Å². The second-order valence-corrected chi connectivity index (χ2v) is 6.42. The number of fused-ring (bicyclic) bond motifs is 1. The molecule has 0 fully saturated rings. The molecule has 0 saturated heterocycles. The van der Waals surface area contributed by atoms with E-state index in [9.17, 15) is 0 Å². The van der Waals surface area contributed by atoms with Crippen LogP contribution in [0.4, 0.5) is 0 Å². The Kier molecular flexibility index (Phi) is 4.13. The summed E-state index contributed by atoms with van der Waals surface area (Å²) in [6.07, 6.45) is 6.18. The van der Waals surface area contributed by atoms with Crippen molar-refractivity contribution in [2.24, 2.45) is 0 Å². The van der Waals surface area contributed by atoms with Crippen molar-refractivity contribution in [3.05, 3.63) is 65.5 Å². The number of aryl methyl sites for hydroxylation is 2. The van der Waals surface area contributed by atoms with Gasteiger partial charge in [0.2, 0.25) is 0 Å². The van der Waals surface area contributed by atoms with Gasteiger partial charge in [-0.2, -0.15) is 5.10 Å². The minimum atomic E-state index is 0.463. The van der Waals surface area contributed by atoms with Crippen LogP contribution < -0.4 is 5.32 Å². The molecule has 0 bridgehead atoms. The van der Waals surface area contributed by atoms with Crippen LogP contribution in [0.5, 0.6) is 0 Å². The van der Waals surface area contributed by atoms with E-state index >= 15 is 0 Å². The molecule has 0 spiro atoms. The van der Waals surface area contributed by atoms with Crippen LogP contribution in [0.1, 0.15) is 29.2 Å². The number of hydrogen-bond acceptors (Lipinski definition) is 4. The fourth-order valence-corrected chi connectivity index (χ4v) is 3.25. The second-order valence-electron chi connectivity index (χ2n) is 6.42. The van der Waals surface area contributed by atoms with Crippen molar-refractivity contribution in [1.29, 1.82) is 0 Å². The standard InChI is InChI=1S/C18H22N6/c1-14-21-22-18-8-7-17(13-24(14)18)19-9-16-10-20-23(12-16)11-15-5-3-2-4-6-15/h2-6,10,12,17,19H,7-9,11,13H2,1H3/t17-/m0/s1. The topological polar surface area (TPSA) is 60.6 Å². The summed E-state index contributed by atoms with van der Waals surface area (Å²) in [6.45, 7) is 4.63. The fraction of sp³-hybridized carbons (Fsp3) is 0.389. The van der Waals surface area contributed by atoms with Crippen molar-refractivity contribution < 1.29 is 0 Å². The maximum Gasteiger partial charge on any atom is 0.133 e. The van der Waals surface area contributed by atoms with Crippen LogP contribution >= 0.6 is 0 Å². The van der Waals surface area contributed by atoms with Gasteiger partial charge in [0.15, 0.2) is 0 Å². The first-order chi connectivity index (χ1) is 11.8. The van der Waals surface area contributed by atoms with E-state index < -0.39 is 0 Å². The van der Waals surface area contributed by atoms with Gasteiger partial charge in [-0.1, -0.05) is 30.3 Å². The molecule has 2 aromatic heterocycles. The zero-order valence-corrected chi connectivity index (χ0v) is 13.9. The zero-order valence-electron chi connectivity index (χ0n) is 13.9. The van der Waals surface area contributed by atoms with Gasteiger partial charge >= 0.3 is 0 Å². The highest BCUT2D eigenvalue weighted by Crippen LogP contribution is 2.15. The Balaban J connectivity index is 1.33. The molecule has 1 aromatic carbocycles. The van der Waals surface area contributed by atoms with Gasteiger partial charge in [-0.05, 0) is 18.9 Å². The van der Waals surface area contributed by atoms with Gasteiger partial charge in [-0.15, -0.1) is 10.2 Å². The maximum atomic E-state index is 4.47. The first-order valence-electron chi connectivity index (χ1n) is 8.45. The Morgan fingerprint density at radius 3 is 2.92 bits per heavy atom. The number of aromatic nitrogens is 5. The lowest BCUT2D eigenvalue weighted by atomic mass is 10.1. The fourth-order valence-electron chi connectivity index (χ4n) is 3.25. The SMILES string of the molecule is Cc1nnc2n1C[C@@H](NCc1cnn(Cc3ccccc3)c1)CC2. The van der Waals surface area contributed by atoms with Crippen LogP contribution in [-0.2, 0) is 26.1 Å². The Bertz CT molecular complexity index is 804. The Labute approximate surface area is 141 Å². The van der Waals surface area contributed by atoms with Gasteiger partial charge in [-0.3, -0.25) is 4.68 Å². The maximum absolute atomic E-state index is 4.47. The normalized spacial score (nSPS) is 17.0. The Morgan fingerprint density at radius 2 is 2.04 bits per heavy atom.